The number of rotatable bonds is 13. The highest BCUT2D eigenvalue weighted by Gasteiger charge is 2.06. The van der Waals surface area contributed by atoms with Gasteiger partial charge in [0.15, 0.2) is 0 Å². The molecule has 1 atom stereocenters. The molecule has 1 unspecified atom stereocenters. The van der Waals surface area contributed by atoms with Crippen molar-refractivity contribution in [2.75, 3.05) is 7.05 Å². The van der Waals surface area contributed by atoms with E-state index in [9.17, 15) is 0 Å². The number of aromatic nitrogens is 1. The van der Waals surface area contributed by atoms with Crippen LogP contribution in [0.15, 0.2) is 24.5 Å². The summed E-state index contributed by atoms with van der Waals surface area (Å²) in [7, 11) is 2.08. The van der Waals surface area contributed by atoms with Crippen LogP contribution in [-0.4, -0.2) is 18.1 Å². The molecule has 1 aromatic heterocycles. The van der Waals surface area contributed by atoms with E-state index in [4.69, 9.17) is 0 Å². The van der Waals surface area contributed by atoms with Gasteiger partial charge in [-0.1, -0.05) is 64.7 Å². The third-order valence-electron chi connectivity index (χ3n) is 4.30. The molecule has 1 aromatic rings. The van der Waals surface area contributed by atoms with Gasteiger partial charge in [-0.05, 0) is 37.6 Å². The van der Waals surface area contributed by atoms with Crippen LogP contribution in [-0.2, 0) is 6.42 Å². The second-order valence-corrected chi connectivity index (χ2v) is 6.16. The fourth-order valence-electron chi connectivity index (χ4n) is 2.85. The first-order chi connectivity index (χ1) is 10.4. The Balaban J connectivity index is 2.00. The molecular formula is C19H34N2. The minimum atomic E-state index is 0.608. The van der Waals surface area contributed by atoms with Crippen molar-refractivity contribution in [1.82, 2.24) is 10.3 Å². The number of pyridine rings is 1. The van der Waals surface area contributed by atoms with Crippen LogP contribution in [0.5, 0.6) is 0 Å². The van der Waals surface area contributed by atoms with Gasteiger partial charge in [0.1, 0.15) is 0 Å². The van der Waals surface area contributed by atoms with E-state index >= 15 is 0 Å². The lowest BCUT2D eigenvalue weighted by Gasteiger charge is -2.16. The van der Waals surface area contributed by atoms with Gasteiger partial charge in [0, 0.05) is 18.4 Å². The maximum absolute atomic E-state index is 4.08. The number of likely N-dealkylation sites (N-methyl/N-ethyl adjacent to an activating group) is 1. The highest BCUT2D eigenvalue weighted by Crippen LogP contribution is 2.13. The summed E-state index contributed by atoms with van der Waals surface area (Å²) < 4.78 is 0. The lowest BCUT2D eigenvalue weighted by Crippen LogP contribution is -2.27. The molecule has 0 radical (unpaired) electrons. The first-order valence-electron chi connectivity index (χ1n) is 8.93. The topological polar surface area (TPSA) is 24.9 Å². The molecule has 2 heteroatoms. The van der Waals surface area contributed by atoms with E-state index in [1.165, 1.54) is 69.8 Å². The Hall–Kier alpha value is -0.890. The Morgan fingerprint density at radius 1 is 0.905 bits per heavy atom. The fourth-order valence-corrected chi connectivity index (χ4v) is 2.85. The summed E-state index contributed by atoms with van der Waals surface area (Å²) in [6, 6.07) is 4.86. The molecule has 120 valence electrons. The average Bonchev–Trinajstić information content (AvgIpc) is 2.53. The van der Waals surface area contributed by atoms with E-state index in [1.54, 1.807) is 0 Å². The van der Waals surface area contributed by atoms with Gasteiger partial charge in [0.2, 0.25) is 0 Å². The summed E-state index contributed by atoms with van der Waals surface area (Å²) in [5, 5.41) is 3.46. The number of hydrogen-bond donors (Lipinski definition) is 1. The van der Waals surface area contributed by atoms with E-state index in [0.29, 0.717) is 6.04 Å². The van der Waals surface area contributed by atoms with Crippen molar-refractivity contribution in [3.8, 4) is 0 Å². The molecular weight excluding hydrogens is 256 g/mol. The van der Waals surface area contributed by atoms with Crippen molar-refractivity contribution in [1.29, 1.82) is 0 Å². The Labute approximate surface area is 131 Å². The van der Waals surface area contributed by atoms with Crippen LogP contribution < -0.4 is 5.32 Å². The molecule has 0 amide bonds. The van der Waals surface area contributed by atoms with Gasteiger partial charge in [-0.25, -0.2) is 0 Å². The zero-order valence-corrected chi connectivity index (χ0v) is 14.1. The minimum absolute atomic E-state index is 0.608. The second-order valence-electron chi connectivity index (χ2n) is 6.16. The van der Waals surface area contributed by atoms with Gasteiger partial charge in [0.25, 0.3) is 0 Å². The van der Waals surface area contributed by atoms with Gasteiger partial charge in [-0.2, -0.15) is 0 Å². The first kappa shape index (κ1) is 18.2. The lowest BCUT2D eigenvalue weighted by atomic mass is 10.00. The predicted octanol–water partition coefficient (Wildman–Crippen LogP) is 5.13. The molecule has 0 aromatic carbocycles. The van der Waals surface area contributed by atoms with Gasteiger partial charge >= 0.3 is 0 Å². The molecule has 1 heterocycles. The number of nitrogens with one attached hydrogen (secondary N) is 1. The van der Waals surface area contributed by atoms with Crippen LogP contribution in [0.2, 0.25) is 0 Å². The van der Waals surface area contributed by atoms with Crippen molar-refractivity contribution in [2.24, 2.45) is 0 Å². The second kappa shape index (κ2) is 12.8. The van der Waals surface area contributed by atoms with E-state index in [-0.39, 0.29) is 0 Å². The fraction of sp³-hybridized carbons (Fsp3) is 0.737. The maximum Gasteiger partial charge on any atom is 0.0270 e. The lowest BCUT2D eigenvalue weighted by molar-refractivity contribution is 0.477. The summed E-state index contributed by atoms with van der Waals surface area (Å²) in [6.45, 7) is 2.28. The molecule has 21 heavy (non-hydrogen) atoms. The Morgan fingerprint density at radius 3 is 2.05 bits per heavy atom. The molecule has 0 fully saturated rings. The number of hydrogen-bond acceptors (Lipinski definition) is 2. The molecule has 0 saturated carbocycles. The monoisotopic (exact) mass is 290 g/mol. The van der Waals surface area contributed by atoms with Crippen molar-refractivity contribution >= 4 is 0 Å². The summed E-state index contributed by atoms with van der Waals surface area (Å²) >= 11 is 0. The quantitative estimate of drug-likeness (QED) is 0.509. The number of nitrogens with zero attached hydrogens (tertiary/aromatic N) is 1. The highest BCUT2D eigenvalue weighted by molar-refractivity contribution is 5.11. The average molecular weight is 290 g/mol. The van der Waals surface area contributed by atoms with Crippen LogP contribution in [0.3, 0.4) is 0 Å². The molecule has 2 nitrogen and oxygen atoms in total. The SMILES string of the molecule is CCCCCCCCCCCC(Cc1ccncc1)NC. The Kier molecular flexibility index (Phi) is 11.1. The van der Waals surface area contributed by atoms with Gasteiger partial charge in [0.05, 0.1) is 0 Å². The van der Waals surface area contributed by atoms with E-state index in [1.807, 2.05) is 12.4 Å². The normalized spacial score (nSPS) is 12.5. The van der Waals surface area contributed by atoms with Crippen LogP contribution in [0.25, 0.3) is 0 Å². The van der Waals surface area contributed by atoms with Crippen LogP contribution >= 0.6 is 0 Å². The van der Waals surface area contributed by atoms with Gasteiger partial charge in [-0.3, -0.25) is 4.98 Å². The molecule has 0 saturated heterocycles. The summed E-state index contributed by atoms with van der Waals surface area (Å²) in [4.78, 5) is 4.08. The van der Waals surface area contributed by atoms with Crippen LogP contribution in [0.1, 0.15) is 76.7 Å². The molecule has 1 N–H and O–H groups in total. The van der Waals surface area contributed by atoms with Gasteiger partial charge in [-0.15, -0.1) is 0 Å². The summed E-state index contributed by atoms with van der Waals surface area (Å²) in [5.74, 6) is 0. The van der Waals surface area contributed by atoms with Crippen molar-refractivity contribution in [3.05, 3.63) is 30.1 Å². The first-order valence-corrected chi connectivity index (χ1v) is 8.93. The molecule has 0 aliphatic rings. The smallest absolute Gasteiger partial charge is 0.0270 e. The largest absolute Gasteiger partial charge is 0.317 e. The zero-order chi connectivity index (χ0) is 15.2. The maximum atomic E-state index is 4.08. The standard InChI is InChI=1S/C19H34N2/c1-3-4-5-6-7-8-9-10-11-12-19(20-2)17-18-13-15-21-16-14-18/h13-16,19-20H,3-12,17H2,1-2H3. The Morgan fingerprint density at radius 2 is 1.48 bits per heavy atom. The molecule has 0 aliphatic heterocycles. The molecule has 0 bridgehead atoms. The third kappa shape index (κ3) is 9.62. The molecule has 1 rings (SSSR count). The summed E-state index contributed by atoms with van der Waals surface area (Å²) in [5.41, 5.74) is 1.39. The Bertz CT molecular complexity index is 324. The predicted molar refractivity (Wildman–Crippen MR) is 92.6 cm³/mol. The van der Waals surface area contributed by atoms with Crippen molar-refractivity contribution in [2.45, 2.75) is 83.6 Å². The van der Waals surface area contributed by atoms with E-state index < -0.39 is 0 Å². The van der Waals surface area contributed by atoms with Crippen molar-refractivity contribution in [3.63, 3.8) is 0 Å². The minimum Gasteiger partial charge on any atom is -0.317 e. The molecule has 0 spiro atoms. The van der Waals surface area contributed by atoms with Gasteiger partial charge < -0.3 is 5.32 Å². The van der Waals surface area contributed by atoms with Crippen LogP contribution in [0, 0.1) is 0 Å². The van der Waals surface area contributed by atoms with E-state index in [2.05, 4.69) is 36.4 Å². The van der Waals surface area contributed by atoms with Crippen LogP contribution in [0.4, 0.5) is 0 Å². The highest BCUT2D eigenvalue weighted by atomic mass is 14.9. The van der Waals surface area contributed by atoms with Crippen molar-refractivity contribution < 1.29 is 0 Å². The third-order valence-corrected chi connectivity index (χ3v) is 4.30. The molecule has 0 aliphatic carbocycles. The summed E-state index contributed by atoms with van der Waals surface area (Å²) in [6.07, 6.45) is 18.9. The number of unbranched alkanes of at least 4 members (excludes halogenated alkanes) is 8. The van der Waals surface area contributed by atoms with E-state index in [0.717, 1.165) is 6.42 Å². The zero-order valence-electron chi connectivity index (χ0n) is 14.1.